The number of methoxy groups -OCH3 is 1. The van der Waals surface area contributed by atoms with E-state index in [1.165, 1.54) is 16.8 Å². The molecule has 5 nitrogen and oxygen atoms in total. The molecular weight excluding hydrogens is 376 g/mol. The average Bonchev–Trinajstić information content (AvgIpc) is 3.16. The van der Waals surface area contributed by atoms with E-state index in [1.807, 2.05) is 42.5 Å². The van der Waals surface area contributed by atoms with Crippen LogP contribution in [0.5, 0.6) is 5.75 Å². The van der Waals surface area contributed by atoms with Crippen LogP contribution in [0.15, 0.2) is 72.8 Å². The first kappa shape index (κ1) is 19.8. The van der Waals surface area contributed by atoms with E-state index in [9.17, 15) is 4.79 Å². The molecule has 3 aromatic rings. The van der Waals surface area contributed by atoms with Crippen molar-refractivity contribution in [2.24, 2.45) is 0 Å². The van der Waals surface area contributed by atoms with Gasteiger partial charge in [0.2, 0.25) is 0 Å². The number of hydrogen-bond donors (Lipinski definition) is 1. The highest BCUT2D eigenvalue weighted by Gasteiger charge is 2.19. The van der Waals surface area contributed by atoms with Crippen LogP contribution in [0.2, 0.25) is 0 Å². The van der Waals surface area contributed by atoms with Crippen molar-refractivity contribution in [2.75, 3.05) is 30.5 Å². The number of benzene rings is 3. The van der Waals surface area contributed by atoms with E-state index in [1.54, 1.807) is 7.11 Å². The van der Waals surface area contributed by atoms with E-state index in [-0.39, 0.29) is 0 Å². The fraction of sp³-hybridized carbons (Fsp3) is 0.240. The molecule has 0 spiro atoms. The topological polar surface area (TPSA) is 50.8 Å². The molecule has 0 fully saturated rings. The number of nitrogens with one attached hydrogen (secondary N) is 1. The molecule has 1 N–H and O–H groups in total. The number of hydrogen-bond acceptors (Lipinski definition) is 4. The highest BCUT2D eigenvalue weighted by atomic mass is 16.5. The van der Waals surface area contributed by atoms with Crippen LogP contribution >= 0.6 is 0 Å². The summed E-state index contributed by atoms with van der Waals surface area (Å²) >= 11 is 0. The molecule has 0 saturated heterocycles. The molecule has 4 rings (SSSR count). The first-order valence-corrected chi connectivity index (χ1v) is 10.2. The van der Waals surface area contributed by atoms with Crippen molar-refractivity contribution in [2.45, 2.75) is 19.4 Å². The summed E-state index contributed by atoms with van der Waals surface area (Å²) in [4.78, 5) is 14.6. The lowest BCUT2D eigenvalue weighted by Crippen LogP contribution is -2.19. The number of nitrogens with zero attached hydrogens (tertiary/aromatic N) is 1. The summed E-state index contributed by atoms with van der Waals surface area (Å²) in [6.07, 6.45) is 1.14. The molecule has 1 amide bonds. The Morgan fingerprint density at radius 3 is 2.67 bits per heavy atom. The fourth-order valence-corrected chi connectivity index (χ4v) is 3.83. The Bertz CT molecular complexity index is 1000. The maximum absolute atomic E-state index is 12.2. The zero-order chi connectivity index (χ0) is 20.8. The van der Waals surface area contributed by atoms with Crippen molar-refractivity contribution in [3.63, 3.8) is 0 Å². The van der Waals surface area contributed by atoms with Crippen LogP contribution in [0, 0.1) is 0 Å². The van der Waals surface area contributed by atoms with Crippen molar-refractivity contribution < 1.29 is 14.3 Å². The predicted octanol–water partition coefficient (Wildman–Crippen LogP) is 5.05. The van der Waals surface area contributed by atoms with Gasteiger partial charge in [-0.15, -0.1) is 0 Å². The Balaban J connectivity index is 1.31. The minimum atomic E-state index is -0.441. The Labute approximate surface area is 177 Å². The predicted molar refractivity (Wildman–Crippen MR) is 119 cm³/mol. The van der Waals surface area contributed by atoms with Crippen molar-refractivity contribution in [1.82, 2.24) is 0 Å². The summed E-state index contributed by atoms with van der Waals surface area (Å²) in [5.74, 6) is 0.806. The monoisotopic (exact) mass is 402 g/mol. The molecule has 0 aliphatic carbocycles. The molecule has 0 radical (unpaired) electrons. The maximum atomic E-state index is 12.2. The second-order valence-corrected chi connectivity index (χ2v) is 7.32. The second-order valence-electron chi connectivity index (χ2n) is 7.32. The maximum Gasteiger partial charge on any atom is 0.411 e. The third-order valence-corrected chi connectivity index (χ3v) is 5.33. The quantitative estimate of drug-likeness (QED) is 0.601. The van der Waals surface area contributed by atoms with E-state index >= 15 is 0 Å². The highest BCUT2D eigenvalue weighted by Crippen LogP contribution is 2.31. The summed E-state index contributed by atoms with van der Waals surface area (Å²) in [5, 5.41) is 2.84. The van der Waals surface area contributed by atoms with Gasteiger partial charge in [-0.25, -0.2) is 4.79 Å². The smallest absolute Gasteiger partial charge is 0.411 e. The zero-order valence-electron chi connectivity index (χ0n) is 17.1. The lowest BCUT2D eigenvalue weighted by atomic mass is 10.1. The van der Waals surface area contributed by atoms with E-state index in [0.717, 1.165) is 36.5 Å². The summed E-state index contributed by atoms with van der Waals surface area (Å²) in [7, 11) is 1.64. The van der Waals surface area contributed by atoms with Gasteiger partial charge < -0.3 is 14.4 Å². The number of ether oxygens (including phenoxy) is 2. The van der Waals surface area contributed by atoms with Crippen LogP contribution in [0.3, 0.4) is 0 Å². The van der Waals surface area contributed by atoms with Crippen LogP contribution < -0.4 is 15.0 Å². The minimum absolute atomic E-state index is 0.294. The molecule has 5 heteroatoms. The second kappa shape index (κ2) is 9.35. The molecule has 0 atom stereocenters. The van der Waals surface area contributed by atoms with Crippen LogP contribution in [0.1, 0.15) is 16.7 Å². The van der Waals surface area contributed by atoms with Gasteiger partial charge in [0.25, 0.3) is 0 Å². The molecule has 1 aliphatic rings. The molecule has 0 aromatic heterocycles. The molecule has 1 heterocycles. The van der Waals surface area contributed by atoms with Gasteiger partial charge in [0.1, 0.15) is 5.75 Å². The van der Waals surface area contributed by atoms with Gasteiger partial charge in [-0.1, -0.05) is 48.5 Å². The third-order valence-electron chi connectivity index (χ3n) is 5.33. The number of carbonyl (C=O) groups excluding carboxylic acids is 1. The summed E-state index contributed by atoms with van der Waals surface area (Å²) in [6.45, 7) is 2.17. The van der Waals surface area contributed by atoms with Crippen molar-refractivity contribution in [1.29, 1.82) is 0 Å². The van der Waals surface area contributed by atoms with Gasteiger partial charge in [-0.2, -0.15) is 0 Å². The normalized spacial score (nSPS) is 12.4. The standard InChI is InChI=1S/C25H26N2O3/c1-29-24-10-6-5-9-20(24)14-16-30-25(28)26-22-11-12-23-21(17-22)13-15-27(23)18-19-7-3-2-4-8-19/h2-12,17H,13-16,18H2,1H3,(H,26,28). The van der Waals surface area contributed by atoms with Gasteiger partial charge in [-0.3, -0.25) is 5.32 Å². The zero-order valence-corrected chi connectivity index (χ0v) is 17.1. The molecular formula is C25H26N2O3. The van der Waals surface area contributed by atoms with Crippen LogP contribution in [-0.4, -0.2) is 26.4 Å². The van der Waals surface area contributed by atoms with Crippen molar-refractivity contribution in [3.05, 3.63) is 89.5 Å². The lowest BCUT2D eigenvalue weighted by molar-refractivity contribution is 0.162. The Kier molecular flexibility index (Phi) is 6.18. The fourth-order valence-electron chi connectivity index (χ4n) is 3.83. The van der Waals surface area contributed by atoms with Gasteiger partial charge in [0.05, 0.1) is 13.7 Å². The molecule has 3 aromatic carbocycles. The molecule has 0 saturated carbocycles. The Morgan fingerprint density at radius 1 is 1.03 bits per heavy atom. The number of carbonyl (C=O) groups is 1. The first-order valence-electron chi connectivity index (χ1n) is 10.2. The Morgan fingerprint density at radius 2 is 1.83 bits per heavy atom. The first-order chi connectivity index (χ1) is 14.7. The lowest BCUT2D eigenvalue weighted by Gasteiger charge is -2.19. The third kappa shape index (κ3) is 4.74. The number of rotatable bonds is 7. The molecule has 30 heavy (non-hydrogen) atoms. The summed E-state index contributed by atoms with van der Waals surface area (Å²) in [6, 6.07) is 24.3. The largest absolute Gasteiger partial charge is 0.496 e. The average molecular weight is 402 g/mol. The Hall–Kier alpha value is -3.47. The van der Waals surface area contributed by atoms with Gasteiger partial charge >= 0.3 is 6.09 Å². The van der Waals surface area contributed by atoms with Gasteiger partial charge in [-0.05, 0) is 47.4 Å². The highest BCUT2D eigenvalue weighted by molar-refractivity contribution is 5.85. The molecule has 0 bridgehead atoms. The van der Waals surface area contributed by atoms with E-state index in [0.29, 0.717) is 13.0 Å². The summed E-state index contributed by atoms with van der Waals surface area (Å²) < 4.78 is 10.7. The molecule has 0 unspecified atom stereocenters. The van der Waals surface area contributed by atoms with E-state index in [2.05, 4.69) is 40.5 Å². The minimum Gasteiger partial charge on any atom is -0.496 e. The summed E-state index contributed by atoms with van der Waals surface area (Å²) in [5.41, 5.74) is 5.55. The van der Waals surface area contributed by atoms with Crippen LogP contribution in [0.4, 0.5) is 16.2 Å². The van der Waals surface area contributed by atoms with E-state index in [4.69, 9.17) is 9.47 Å². The van der Waals surface area contributed by atoms with E-state index < -0.39 is 6.09 Å². The SMILES string of the molecule is COc1ccccc1CCOC(=O)Nc1ccc2c(c1)CCN2Cc1ccccc1. The van der Waals surface area contributed by atoms with Crippen molar-refractivity contribution >= 4 is 17.5 Å². The molecule has 154 valence electrons. The number of para-hydroxylation sites is 1. The number of anilines is 2. The number of fused-ring (bicyclic) bond motifs is 1. The van der Waals surface area contributed by atoms with Crippen molar-refractivity contribution in [3.8, 4) is 5.75 Å². The number of amides is 1. The van der Waals surface area contributed by atoms with Gasteiger partial charge in [0.15, 0.2) is 0 Å². The van der Waals surface area contributed by atoms with Crippen LogP contribution in [0.25, 0.3) is 0 Å². The van der Waals surface area contributed by atoms with Gasteiger partial charge in [0, 0.05) is 30.9 Å². The molecule has 1 aliphatic heterocycles. The van der Waals surface area contributed by atoms with Crippen LogP contribution in [-0.2, 0) is 24.1 Å².